The lowest BCUT2D eigenvalue weighted by atomic mass is 10.1. The number of hydrogen-bond donors (Lipinski definition) is 0. The van der Waals surface area contributed by atoms with E-state index in [1.54, 1.807) is 12.2 Å². The lowest BCUT2D eigenvalue weighted by Crippen LogP contribution is -2.30. The van der Waals surface area contributed by atoms with E-state index in [1.807, 2.05) is 0 Å². The molecule has 0 fully saturated rings. The summed E-state index contributed by atoms with van der Waals surface area (Å²) in [7, 11) is 0. The molecule has 0 aromatic carbocycles. The van der Waals surface area contributed by atoms with Crippen molar-refractivity contribution in [2.45, 2.75) is 19.6 Å². The molecular formula is C13H22O3. The average Bonchev–Trinajstić information content (AvgIpc) is 2.32. The Morgan fingerprint density at radius 3 is 2.00 bits per heavy atom. The van der Waals surface area contributed by atoms with Crippen LogP contribution in [0.25, 0.3) is 0 Å². The lowest BCUT2D eigenvalue weighted by molar-refractivity contribution is -0.167. The molecule has 0 radical (unpaired) electrons. The van der Waals surface area contributed by atoms with E-state index in [1.165, 1.54) is 6.26 Å². The molecule has 0 spiro atoms. The lowest BCUT2D eigenvalue weighted by Gasteiger charge is -2.25. The molecule has 0 N–H and O–H groups in total. The van der Waals surface area contributed by atoms with Crippen molar-refractivity contribution in [1.29, 1.82) is 0 Å². The minimum absolute atomic E-state index is 0.179. The van der Waals surface area contributed by atoms with Gasteiger partial charge in [-0.15, -0.1) is 13.2 Å². The Hall–Kier alpha value is -1.06. The Balaban J connectivity index is 4.21. The summed E-state index contributed by atoms with van der Waals surface area (Å²) >= 11 is 0. The fourth-order valence-corrected chi connectivity index (χ4v) is 1.23. The van der Waals surface area contributed by atoms with Gasteiger partial charge in [0.25, 0.3) is 0 Å². The van der Waals surface area contributed by atoms with Gasteiger partial charge in [0.05, 0.1) is 26.1 Å². The Morgan fingerprint density at radius 2 is 1.62 bits per heavy atom. The minimum Gasteiger partial charge on any atom is -0.501 e. The topological polar surface area (TPSA) is 27.7 Å². The van der Waals surface area contributed by atoms with E-state index in [0.717, 1.165) is 6.42 Å². The van der Waals surface area contributed by atoms with Crippen LogP contribution in [0.2, 0.25) is 0 Å². The zero-order valence-electron chi connectivity index (χ0n) is 10.1. The molecule has 1 unspecified atom stereocenters. The fraction of sp³-hybridized carbons (Fsp3) is 0.538. The van der Waals surface area contributed by atoms with Gasteiger partial charge in [-0.05, 0) is 6.42 Å². The first-order valence-electron chi connectivity index (χ1n) is 5.47. The zero-order chi connectivity index (χ0) is 12.2. The molecule has 0 aliphatic rings. The Kier molecular flexibility index (Phi) is 9.76. The first-order chi connectivity index (χ1) is 7.79. The van der Waals surface area contributed by atoms with Crippen LogP contribution >= 0.6 is 0 Å². The van der Waals surface area contributed by atoms with Crippen molar-refractivity contribution in [3.05, 3.63) is 38.2 Å². The molecule has 3 nitrogen and oxygen atoms in total. The molecule has 1 atom stereocenters. The zero-order valence-corrected chi connectivity index (χ0v) is 10.1. The van der Waals surface area contributed by atoms with Crippen molar-refractivity contribution in [2.24, 2.45) is 5.92 Å². The quantitative estimate of drug-likeness (QED) is 0.308. The normalized spacial score (nSPS) is 12.1. The van der Waals surface area contributed by atoms with E-state index >= 15 is 0 Å². The van der Waals surface area contributed by atoms with Crippen LogP contribution in [0.1, 0.15) is 13.3 Å². The summed E-state index contributed by atoms with van der Waals surface area (Å²) in [6, 6.07) is 0. The molecular weight excluding hydrogens is 204 g/mol. The van der Waals surface area contributed by atoms with Crippen molar-refractivity contribution in [3.63, 3.8) is 0 Å². The minimum atomic E-state index is -0.291. The van der Waals surface area contributed by atoms with Gasteiger partial charge in [0, 0.05) is 5.92 Å². The van der Waals surface area contributed by atoms with Crippen molar-refractivity contribution < 1.29 is 14.2 Å². The van der Waals surface area contributed by atoms with Gasteiger partial charge in [-0.3, -0.25) is 0 Å². The van der Waals surface area contributed by atoms with Gasteiger partial charge in [-0.25, -0.2) is 0 Å². The van der Waals surface area contributed by atoms with Gasteiger partial charge < -0.3 is 14.2 Å². The summed E-state index contributed by atoms with van der Waals surface area (Å²) < 4.78 is 16.3. The van der Waals surface area contributed by atoms with Crippen LogP contribution in [0.5, 0.6) is 0 Å². The first-order valence-corrected chi connectivity index (χ1v) is 5.47. The molecule has 16 heavy (non-hydrogen) atoms. The molecule has 0 saturated carbocycles. The maximum atomic E-state index is 5.54. The molecule has 0 heterocycles. The third-order valence-electron chi connectivity index (χ3n) is 2.09. The van der Waals surface area contributed by atoms with Crippen LogP contribution in [0.3, 0.4) is 0 Å². The summed E-state index contributed by atoms with van der Waals surface area (Å²) in [6.07, 6.45) is 5.45. The predicted octanol–water partition coefficient (Wildman–Crippen LogP) is 2.90. The maximum Gasteiger partial charge on any atom is 0.164 e. The number of ether oxygens (including phenoxy) is 3. The van der Waals surface area contributed by atoms with Gasteiger partial charge >= 0.3 is 0 Å². The number of rotatable bonds is 11. The summed E-state index contributed by atoms with van der Waals surface area (Å²) in [6.45, 7) is 14.3. The van der Waals surface area contributed by atoms with Crippen LogP contribution in [-0.2, 0) is 14.2 Å². The van der Waals surface area contributed by atoms with E-state index < -0.39 is 0 Å². The fourth-order valence-electron chi connectivity index (χ4n) is 1.23. The second-order valence-corrected chi connectivity index (χ2v) is 3.28. The third-order valence-corrected chi connectivity index (χ3v) is 2.09. The Bertz CT molecular complexity index is 189. The van der Waals surface area contributed by atoms with Crippen LogP contribution in [0.4, 0.5) is 0 Å². The van der Waals surface area contributed by atoms with Crippen molar-refractivity contribution in [1.82, 2.24) is 0 Å². The molecule has 0 aromatic heterocycles. The highest BCUT2D eigenvalue weighted by atomic mass is 16.7. The average molecular weight is 226 g/mol. The van der Waals surface area contributed by atoms with Crippen LogP contribution < -0.4 is 0 Å². The van der Waals surface area contributed by atoms with Crippen LogP contribution in [0.15, 0.2) is 38.2 Å². The van der Waals surface area contributed by atoms with Gasteiger partial charge in [-0.1, -0.05) is 25.7 Å². The van der Waals surface area contributed by atoms with Gasteiger partial charge in [-0.2, -0.15) is 0 Å². The summed E-state index contributed by atoms with van der Waals surface area (Å²) in [5.74, 6) is 0.179. The van der Waals surface area contributed by atoms with E-state index in [9.17, 15) is 0 Å². The second-order valence-electron chi connectivity index (χ2n) is 3.28. The second kappa shape index (κ2) is 10.5. The molecule has 0 amide bonds. The molecule has 92 valence electrons. The molecule has 0 aliphatic heterocycles. The van der Waals surface area contributed by atoms with E-state index in [4.69, 9.17) is 14.2 Å². The van der Waals surface area contributed by atoms with E-state index in [0.29, 0.717) is 19.8 Å². The van der Waals surface area contributed by atoms with Crippen LogP contribution in [-0.4, -0.2) is 26.1 Å². The van der Waals surface area contributed by atoms with Gasteiger partial charge in [0.1, 0.15) is 0 Å². The monoisotopic (exact) mass is 226 g/mol. The van der Waals surface area contributed by atoms with Gasteiger partial charge in [0.2, 0.25) is 0 Å². The summed E-state index contributed by atoms with van der Waals surface area (Å²) in [4.78, 5) is 0. The maximum absolute atomic E-state index is 5.54. The predicted molar refractivity (Wildman–Crippen MR) is 66.0 cm³/mol. The van der Waals surface area contributed by atoms with Crippen molar-refractivity contribution in [2.75, 3.05) is 19.8 Å². The first kappa shape index (κ1) is 14.9. The third kappa shape index (κ3) is 6.43. The van der Waals surface area contributed by atoms with Crippen LogP contribution in [0, 0.1) is 5.92 Å². The van der Waals surface area contributed by atoms with Crippen molar-refractivity contribution in [3.8, 4) is 0 Å². The van der Waals surface area contributed by atoms with E-state index in [-0.39, 0.29) is 12.2 Å². The highest BCUT2D eigenvalue weighted by Gasteiger charge is 2.21. The standard InChI is InChI=1S/C13H22O3/c1-5-9-15-13(16-10-6-2)12(7-3)11-14-8-4/h5-6,8,12-13H,1-2,4,7,9-11H2,3H3. The molecule has 0 rings (SSSR count). The highest BCUT2D eigenvalue weighted by Crippen LogP contribution is 2.15. The SMILES string of the molecule is C=CCOC(OCC=C)C(CC)COC=C. The van der Waals surface area contributed by atoms with Crippen molar-refractivity contribution >= 4 is 0 Å². The summed E-state index contributed by atoms with van der Waals surface area (Å²) in [5, 5.41) is 0. The summed E-state index contributed by atoms with van der Waals surface area (Å²) in [5.41, 5.74) is 0. The molecule has 0 aliphatic carbocycles. The molecule has 0 saturated heterocycles. The Morgan fingerprint density at radius 1 is 1.06 bits per heavy atom. The highest BCUT2D eigenvalue weighted by molar-refractivity contribution is 4.71. The molecule has 3 heteroatoms. The smallest absolute Gasteiger partial charge is 0.164 e. The molecule has 0 bridgehead atoms. The largest absolute Gasteiger partial charge is 0.501 e. The molecule has 0 aromatic rings. The Labute approximate surface area is 98.4 Å². The van der Waals surface area contributed by atoms with E-state index in [2.05, 4.69) is 26.7 Å². The van der Waals surface area contributed by atoms with Gasteiger partial charge in [0.15, 0.2) is 6.29 Å². The number of hydrogen-bond acceptors (Lipinski definition) is 3.